The van der Waals surface area contributed by atoms with E-state index in [0.717, 1.165) is 51.9 Å². The van der Waals surface area contributed by atoms with Crippen LogP contribution >= 0.6 is 11.3 Å². The summed E-state index contributed by atoms with van der Waals surface area (Å²) >= 11 is 1.56. The average molecular weight is 417 g/mol. The molecule has 1 aliphatic rings. The number of hydrogen-bond acceptors (Lipinski definition) is 7. The summed E-state index contributed by atoms with van der Waals surface area (Å²) in [7, 11) is 0. The van der Waals surface area contributed by atoms with Crippen LogP contribution in [0.3, 0.4) is 0 Å². The summed E-state index contributed by atoms with van der Waals surface area (Å²) in [4.78, 5) is 9.00. The van der Waals surface area contributed by atoms with Crippen LogP contribution in [-0.4, -0.2) is 27.2 Å². The Balaban J connectivity index is 1.40. The highest BCUT2D eigenvalue weighted by molar-refractivity contribution is 7.22. The molecule has 7 heteroatoms. The van der Waals surface area contributed by atoms with E-state index in [1.54, 1.807) is 29.7 Å². The van der Waals surface area contributed by atoms with Gasteiger partial charge in [-0.3, -0.25) is 4.98 Å². The molecule has 2 N–H and O–H groups in total. The molecule has 30 heavy (non-hydrogen) atoms. The largest absolute Gasteiger partial charge is 0.457 e. The molecule has 4 aromatic rings. The maximum Gasteiger partial charge on any atom is 0.184 e. The van der Waals surface area contributed by atoms with Gasteiger partial charge >= 0.3 is 0 Å². The number of nitriles is 1. The normalized spacial score (nSPS) is 18.9. The molecule has 0 unspecified atom stereocenters. The topological polar surface area (TPSA) is 91.1 Å². The fourth-order valence-electron chi connectivity index (χ4n) is 3.88. The molecule has 0 spiro atoms. The summed E-state index contributed by atoms with van der Waals surface area (Å²) in [6.45, 7) is 0. The molecular formula is C23H20N4O2S. The lowest BCUT2D eigenvalue weighted by molar-refractivity contribution is 0.116. The summed E-state index contributed by atoms with van der Waals surface area (Å²) in [6, 6.07) is 15.2. The van der Waals surface area contributed by atoms with Crippen molar-refractivity contribution in [1.29, 1.82) is 5.26 Å². The van der Waals surface area contributed by atoms with E-state index in [2.05, 4.69) is 21.4 Å². The lowest BCUT2D eigenvalue weighted by Gasteiger charge is -2.27. The van der Waals surface area contributed by atoms with Crippen LogP contribution in [0.2, 0.25) is 0 Å². The minimum atomic E-state index is -0.314. The van der Waals surface area contributed by atoms with Crippen LogP contribution in [0.25, 0.3) is 21.1 Å². The first-order chi connectivity index (χ1) is 14.7. The van der Waals surface area contributed by atoms with Crippen molar-refractivity contribution in [3.8, 4) is 17.6 Å². The van der Waals surface area contributed by atoms with Crippen LogP contribution in [0.1, 0.15) is 31.2 Å². The van der Waals surface area contributed by atoms with Crippen LogP contribution in [0.5, 0.6) is 11.5 Å². The number of anilines is 1. The first-order valence-electron chi connectivity index (χ1n) is 10.0. The molecule has 1 fully saturated rings. The highest BCUT2D eigenvalue weighted by Crippen LogP contribution is 2.34. The molecule has 2 aromatic heterocycles. The number of hydrogen-bond donors (Lipinski definition) is 2. The lowest BCUT2D eigenvalue weighted by Crippen LogP contribution is -2.36. The van der Waals surface area contributed by atoms with Crippen molar-refractivity contribution < 1.29 is 9.84 Å². The number of benzene rings is 2. The number of fused-ring (bicyclic) bond motifs is 2. The number of nitrogens with zero attached hydrogens (tertiary/aromatic N) is 3. The number of nitrogens with one attached hydrogen (secondary N) is 1. The maximum absolute atomic E-state index is 10.2. The van der Waals surface area contributed by atoms with E-state index in [1.165, 1.54) is 0 Å². The number of rotatable bonds is 4. The number of aromatic nitrogens is 2. The third-order valence-corrected chi connectivity index (χ3v) is 6.41. The van der Waals surface area contributed by atoms with Gasteiger partial charge in [0.25, 0.3) is 0 Å². The lowest BCUT2D eigenvalue weighted by atomic mass is 9.93. The second-order valence-electron chi connectivity index (χ2n) is 7.51. The molecule has 0 saturated heterocycles. The van der Waals surface area contributed by atoms with E-state index in [-0.39, 0.29) is 12.1 Å². The van der Waals surface area contributed by atoms with Gasteiger partial charge in [0.05, 0.1) is 39.5 Å². The Morgan fingerprint density at radius 1 is 1.10 bits per heavy atom. The van der Waals surface area contributed by atoms with E-state index in [9.17, 15) is 5.11 Å². The second kappa shape index (κ2) is 7.90. The third kappa shape index (κ3) is 3.67. The Morgan fingerprint density at radius 3 is 2.87 bits per heavy atom. The molecular weight excluding hydrogens is 396 g/mol. The molecule has 0 amide bonds. The van der Waals surface area contributed by atoms with Gasteiger partial charge < -0.3 is 15.2 Å². The first-order valence-corrected chi connectivity index (χ1v) is 10.8. The Hall–Kier alpha value is -3.21. The van der Waals surface area contributed by atoms with Crippen molar-refractivity contribution in [1.82, 2.24) is 9.97 Å². The zero-order chi connectivity index (χ0) is 20.5. The van der Waals surface area contributed by atoms with Crippen LogP contribution in [0.15, 0.2) is 48.7 Å². The number of pyridine rings is 1. The molecule has 150 valence electrons. The molecule has 0 radical (unpaired) electrons. The van der Waals surface area contributed by atoms with Gasteiger partial charge in [0, 0.05) is 17.6 Å². The Morgan fingerprint density at radius 2 is 2.00 bits per heavy atom. The first kappa shape index (κ1) is 18.8. The zero-order valence-corrected chi connectivity index (χ0v) is 17.0. The van der Waals surface area contributed by atoms with Gasteiger partial charge in [0.2, 0.25) is 0 Å². The van der Waals surface area contributed by atoms with E-state index in [0.29, 0.717) is 17.1 Å². The standard InChI is InChI=1S/C23H20N4O2S/c24-13-14-5-7-16-19(11-14)25-10-9-21(16)29-15-6-8-18-22(12-15)30-23(27-18)26-17-3-1-2-4-20(17)28/h5-12,17,20,28H,1-4H2,(H,26,27)/t17-,20-/m1/s1. The predicted molar refractivity (Wildman–Crippen MR) is 118 cm³/mol. The van der Waals surface area contributed by atoms with Crippen molar-refractivity contribution in [2.45, 2.75) is 37.8 Å². The minimum absolute atomic E-state index is 0.0662. The van der Waals surface area contributed by atoms with Gasteiger partial charge in [-0.25, -0.2) is 4.98 Å². The van der Waals surface area contributed by atoms with Crippen LogP contribution in [0.4, 0.5) is 5.13 Å². The predicted octanol–water partition coefficient (Wildman–Crippen LogP) is 5.22. The number of aliphatic hydroxyl groups excluding tert-OH is 1. The molecule has 0 aliphatic heterocycles. The number of ether oxygens (including phenoxy) is 1. The highest BCUT2D eigenvalue weighted by Gasteiger charge is 2.23. The van der Waals surface area contributed by atoms with E-state index in [1.807, 2.05) is 30.3 Å². The molecule has 2 aromatic carbocycles. The SMILES string of the molecule is N#Cc1ccc2c(Oc3ccc4nc(N[C@@H]5CCCC[C@H]5O)sc4c3)ccnc2c1. The molecule has 1 saturated carbocycles. The van der Waals surface area contributed by atoms with Gasteiger partial charge in [-0.1, -0.05) is 24.2 Å². The Labute approximate surface area is 177 Å². The van der Waals surface area contributed by atoms with Gasteiger partial charge in [0.1, 0.15) is 11.5 Å². The molecule has 0 bridgehead atoms. The van der Waals surface area contributed by atoms with Gasteiger partial charge in [-0.05, 0) is 49.2 Å². The van der Waals surface area contributed by atoms with E-state index >= 15 is 0 Å². The van der Waals surface area contributed by atoms with Crippen LogP contribution < -0.4 is 10.1 Å². The van der Waals surface area contributed by atoms with Crippen molar-refractivity contribution in [3.05, 3.63) is 54.2 Å². The van der Waals surface area contributed by atoms with Gasteiger partial charge in [0.15, 0.2) is 5.13 Å². The Kier molecular flexibility index (Phi) is 4.95. The summed E-state index contributed by atoms with van der Waals surface area (Å²) in [5.74, 6) is 1.41. The molecule has 2 heterocycles. The van der Waals surface area contributed by atoms with Gasteiger partial charge in [-0.2, -0.15) is 5.26 Å². The monoisotopic (exact) mass is 416 g/mol. The fourth-order valence-corrected chi connectivity index (χ4v) is 4.83. The van der Waals surface area contributed by atoms with Crippen LogP contribution in [0, 0.1) is 11.3 Å². The maximum atomic E-state index is 10.2. The summed E-state index contributed by atoms with van der Waals surface area (Å²) in [5, 5.41) is 24.4. The quantitative estimate of drug-likeness (QED) is 0.474. The molecule has 6 nitrogen and oxygen atoms in total. The summed E-state index contributed by atoms with van der Waals surface area (Å²) in [5.41, 5.74) is 2.20. The van der Waals surface area contributed by atoms with Crippen LogP contribution in [-0.2, 0) is 0 Å². The van der Waals surface area contributed by atoms with Crippen molar-refractivity contribution >= 4 is 37.6 Å². The van der Waals surface area contributed by atoms with E-state index < -0.39 is 0 Å². The molecule has 1 aliphatic carbocycles. The minimum Gasteiger partial charge on any atom is -0.457 e. The van der Waals surface area contributed by atoms with Gasteiger partial charge in [-0.15, -0.1) is 0 Å². The highest BCUT2D eigenvalue weighted by atomic mass is 32.1. The molecule has 2 atom stereocenters. The van der Waals surface area contributed by atoms with Crippen molar-refractivity contribution in [2.24, 2.45) is 0 Å². The summed E-state index contributed by atoms with van der Waals surface area (Å²) in [6.07, 6.45) is 5.40. The van der Waals surface area contributed by atoms with E-state index in [4.69, 9.17) is 10.00 Å². The smallest absolute Gasteiger partial charge is 0.184 e. The number of aliphatic hydroxyl groups is 1. The van der Waals surface area contributed by atoms with Crippen molar-refractivity contribution in [2.75, 3.05) is 5.32 Å². The average Bonchev–Trinajstić information content (AvgIpc) is 3.17. The van der Waals surface area contributed by atoms with Crippen molar-refractivity contribution in [3.63, 3.8) is 0 Å². The summed E-state index contributed by atoms with van der Waals surface area (Å²) < 4.78 is 7.16. The molecule has 5 rings (SSSR count). The zero-order valence-electron chi connectivity index (χ0n) is 16.2. The second-order valence-corrected chi connectivity index (χ2v) is 8.54. The fraction of sp³-hybridized carbons (Fsp3) is 0.261. The Bertz CT molecular complexity index is 1260. The third-order valence-electron chi connectivity index (χ3n) is 5.46. The number of thiazole rings is 1.